The molecular weight excluding hydrogens is 254 g/mol. The van der Waals surface area contributed by atoms with Crippen LogP contribution in [0, 0.1) is 0 Å². The second-order valence-electron chi connectivity index (χ2n) is 3.06. The summed E-state index contributed by atoms with van der Waals surface area (Å²) in [4.78, 5) is 10.1. The van der Waals surface area contributed by atoms with Crippen molar-refractivity contribution in [2.24, 2.45) is 0 Å². The van der Waals surface area contributed by atoms with Crippen molar-refractivity contribution in [1.29, 1.82) is 0 Å². The van der Waals surface area contributed by atoms with Crippen molar-refractivity contribution in [3.63, 3.8) is 0 Å². The molecule has 6 atom stereocenters. The fraction of sp³-hybridized carbons (Fsp3) is 1.00. The van der Waals surface area contributed by atoms with Crippen LogP contribution in [0.3, 0.4) is 0 Å². The Kier molecular flexibility index (Phi) is 7.67. The molecule has 0 aromatic rings. The first-order chi connectivity index (χ1) is 6.93. The maximum absolute atomic E-state index is 10.1. The average molecular weight is 265 g/mol. The van der Waals surface area contributed by atoms with Crippen LogP contribution >= 0.6 is 8.25 Å². The smallest absolute Gasteiger partial charge is 0.566 e. The van der Waals surface area contributed by atoms with Crippen molar-refractivity contribution in [2.45, 2.75) is 30.7 Å². The molecule has 0 aliphatic carbocycles. The molecule has 1 rings (SSSR count). The van der Waals surface area contributed by atoms with Gasteiger partial charge in [0.25, 0.3) is 0 Å². The molecule has 0 radical (unpaired) electrons. The summed E-state index contributed by atoms with van der Waals surface area (Å²) in [5, 5.41) is 36.6. The molecule has 88 valence electrons. The summed E-state index contributed by atoms with van der Waals surface area (Å²) >= 11 is 0. The molecule has 1 heterocycles. The van der Waals surface area contributed by atoms with Gasteiger partial charge in [-0.2, -0.15) is 0 Å². The Morgan fingerprint density at radius 3 is 2.25 bits per heavy atom. The van der Waals surface area contributed by atoms with Gasteiger partial charge in [0.15, 0.2) is 6.29 Å². The van der Waals surface area contributed by atoms with Crippen molar-refractivity contribution in [2.75, 3.05) is 6.61 Å². The van der Waals surface area contributed by atoms with Gasteiger partial charge in [-0.1, -0.05) is 0 Å². The van der Waals surface area contributed by atoms with Gasteiger partial charge in [0.1, 0.15) is 31.0 Å². The van der Waals surface area contributed by atoms with Crippen molar-refractivity contribution in [3.05, 3.63) is 0 Å². The molecule has 0 aromatic heterocycles. The van der Waals surface area contributed by atoms with Crippen LogP contribution in [0.4, 0.5) is 0 Å². The fourth-order valence-corrected chi connectivity index (χ4v) is 1.47. The zero-order chi connectivity index (χ0) is 11.6. The largest absolute Gasteiger partial charge is 1.00 e. The molecule has 16 heavy (non-hydrogen) atoms. The maximum Gasteiger partial charge on any atom is 1.00 e. The van der Waals surface area contributed by atoms with Gasteiger partial charge >= 0.3 is 37.8 Å². The Morgan fingerprint density at radius 2 is 1.75 bits per heavy atom. The third-order valence-electron chi connectivity index (χ3n) is 2.03. The summed E-state index contributed by atoms with van der Waals surface area (Å²) in [5.41, 5.74) is 0. The SMILES string of the molecule is O=[P+]([O-])OC[C@H]1OC(O)[C@H](O)[C@@H](O)[C@H]1O.[Na+]. The number of rotatable bonds is 3. The molecule has 0 amide bonds. The minimum atomic E-state index is -3.10. The van der Waals surface area contributed by atoms with E-state index < -0.39 is 45.6 Å². The molecule has 0 aromatic carbocycles. The number of aliphatic hydroxyl groups is 4. The van der Waals surface area contributed by atoms with E-state index in [0.717, 1.165) is 0 Å². The quantitative estimate of drug-likeness (QED) is 0.292. The second kappa shape index (κ2) is 7.30. The Balaban J connectivity index is 0.00000225. The first-order valence-electron chi connectivity index (χ1n) is 4.08. The van der Waals surface area contributed by atoms with Gasteiger partial charge < -0.3 is 30.1 Å². The van der Waals surface area contributed by atoms with Crippen LogP contribution < -0.4 is 34.5 Å². The van der Waals surface area contributed by atoms with Gasteiger partial charge in [0, 0.05) is 0 Å². The molecule has 0 saturated carbocycles. The molecule has 1 fully saturated rings. The van der Waals surface area contributed by atoms with Gasteiger partial charge in [0.2, 0.25) is 0 Å². The third kappa shape index (κ3) is 4.25. The summed E-state index contributed by atoms with van der Waals surface area (Å²) in [6.45, 7) is -0.541. The van der Waals surface area contributed by atoms with E-state index in [1.54, 1.807) is 0 Å². The van der Waals surface area contributed by atoms with Crippen molar-refractivity contribution >= 4 is 8.25 Å². The predicted molar refractivity (Wildman–Crippen MR) is 42.5 cm³/mol. The van der Waals surface area contributed by atoms with Crippen LogP contribution in [0.1, 0.15) is 0 Å². The maximum atomic E-state index is 10.1. The van der Waals surface area contributed by atoms with E-state index in [9.17, 15) is 19.7 Å². The van der Waals surface area contributed by atoms with E-state index in [-0.39, 0.29) is 29.6 Å². The van der Waals surface area contributed by atoms with Gasteiger partial charge in [0.05, 0.1) is 0 Å². The topological polar surface area (TPSA) is 140 Å². The first kappa shape index (κ1) is 16.8. The van der Waals surface area contributed by atoms with Gasteiger partial charge in [-0.3, -0.25) is 0 Å². The fourth-order valence-electron chi connectivity index (χ4n) is 1.20. The monoisotopic (exact) mass is 265 g/mol. The molecule has 1 aliphatic rings. The molecule has 8 nitrogen and oxygen atoms in total. The minimum Gasteiger partial charge on any atom is -0.566 e. The van der Waals surface area contributed by atoms with Gasteiger partial charge in [-0.05, 0) is 4.57 Å². The summed E-state index contributed by atoms with van der Waals surface area (Å²) in [5.74, 6) is 0. The zero-order valence-corrected chi connectivity index (χ0v) is 11.4. The van der Waals surface area contributed by atoms with Crippen LogP contribution in [0.5, 0.6) is 0 Å². The Morgan fingerprint density at radius 1 is 1.19 bits per heavy atom. The number of hydrogen-bond donors (Lipinski definition) is 4. The number of hydrogen-bond acceptors (Lipinski definition) is 8. The molecule has 0 bridgehead atoms. The Bertz CT molecular complexity index is 241. The normalized spacial score (nSPS) is 40.1. The van der Waals surface area contributed by atoms with Crippen LogP contribution in [0.25, 0.3) is 0 Å². The van der Waals surface area contributed by atoms with Crippen molar-refractivity contribution in [1.82, 2.24) is 0 Å². The molecular formula is C6H11NaO8P+. The van der Waals surface area contributed by atoms with Crippen LogP contribution in [-0.4, -0.2) is 57.7 Å². The molecule has 1 saturated heterocycles. The minimum absolute atomic E-state index is 0. The van der Waals surface area contributed by atoms with Crippen LogP contribution in [-0.2, 0) is 13.8 Å². The van der Waals surface area contributed by atoms with E-state index in [2.05, 4.69) is 9.26 Å². The van der Waals surface area contributed by atoms with Gasteiger partial charge in [-0.15, -0.1) is 4.52 Å². The zero-order valence-electron chi connectivity index (χ0n) is 8.46. The summed E-state index contributed by atoms with van der Waals surface area (Å²) in [7, 11) is -3.10. The number of ether oxygens (including phenoxy) is 1. The predicted octanol–water partition coefficient (Wildman–Crippen LogP) is -6.18. The number of aliphatic hydroxyl groups excluding tert-OH is 4. The van der Waals surface area contributed by atoms with E-state index in [1.807, 2.05) is 0 Å². The van der Waals surface area contributed by atoms with Crippen molar-refractivity contribution < 1.29 is 68.7 Å². The van der Waals surface area contributed by atoms with E-state index in [1.165, 1.54) is 0 Å². The Labute approximate surface area is 114 Å². The Hall–Kier alpha value is 0.820. The standard InChI is InChI=1S/C6H11O8P.Na/c7-3-2(1-13-15(11)12)14-6(10)5(9)4(3)8;/h2-10H,1H2;/q;+1/t2-,3+,4+,5-,6?;/m1./s1. The summed E-state index contributed by atoms with van der Waals surface area (Å²) in [6.07, 6.45) is -7.70. The average Bonchev–Trinajstić information content (AvgIpc) is 2.18. The molecule has 4 N–H and O–H groups in total. The van der Waals surface area contributed by atoms with Crippen LogP contribution in [0.15, 0.2) is 0 Å². The summed E-state index contributed by atoms with van der Waals surface area (Å²) < 4.78 is 18.9. The van der Waals surface area contributed by atoms with E-state index in [0.29, 0.717) is 0 Å². The van der Waals surface area contributed by atoms with E-state index >= 15 is 0 Å². The molecule has 1 aliphatic heterocycles. The second-order valence-corrected chi connectivity index (χ2v) is 3.76. The van der Waals surface area contributed by atoms with Gasteiger partial charge in [-0.25, -0.2) is 0 Å². The molecule has 2 unspecified atom stereocenters. The van der Waals surface area contributed by atoms with E-state index in [4.69, 9.17) is 10.2 Å². The summed E-state index contributed by atoms with van der Waals surface area (Å²) in [6, 6.07) is 0. The molecule has 10 heteroatoms. The van der Waals surface area contributed by atoms with Crippen LogP contribution in [0.2, 0.25) is 0 Å². The van der Waals surface area contributed by atoms with Crippen molar-refractivity contribution in [3.8, 4) is 0 Å². The first-order valence-corrected chi connectivity index (χ1v) is 5.18. The third-order valence-corrected chi connectivity index (χ3v) is 2.39. The molecule has 0 spiro atoms.